The molecule has 0 spiro atoms. The monoisotopic (exact) mass is 415 g/mol. The molecule has 2 N–H and O–H groups in total. The Hall–Kier alpha value is -2.71. The minimum atomic E-state index is -3.59. The number of carbonyl (C=O) groups is 2. The average molecular weight is 416 g/mol. The number of rotatable bonds is 5. The number of carbonyl (C=O) groups excluding carboxylic acids is 2. The highest BCUT2D eigenvalue weighted by atomic mass is 32.2. The van der Waals surface area contributed by atoms with E-state index in [4.69, 9.17) is 0 Å². The summed E-state index contributed by atoms with van der Waals surface area (Å²) in [4.78, 5) is 24.1. The van der Waals surface area contributed by atoms with Crippen LogP contribution in [0.5, 0.6) is 0 Å². The van der Waals surface area contributed by atoms with Crippen LogP contribution >= 0.6 is 0 Å². The zero-order chi connectivity index (χ0) is 21.0. The van der Waals surface area contributed by atoms with Crippen LogP contribution in [0.15, 0.2) is 47.4 Å². The highest BCUT2D eigenvalue weighted by molar-refractivity contribution is 7.89. The number of anilines is 2. The Bertz CT molecular complexity index is 1030. The topological polar surface area (TPSA) is 95.6 Å². The highest BCUT2D eigenvalue weighted by Gasteiger charge is 2.26. The molecule has 0 aromatic heterocycles. The van der Waals surface area contributed by atoms with Crippen molar-refractivity contribution < 1.29 is 18.0 Å². The molecule has 8 heteroatoms. The van der Waals surface area contributed by atoms with Crippen molar-refractivity contribution in [2.75, 3.05) is 23.7 Å². The van der Waals surface area contributed by atoms with E-state index in [0.29, 0.717) is 30.0 Å². The first kappa shape index (κ1) is 21.0. The fraction of sp³-hybridized carbons (Fsp3) is 0.333. The Morgan fingerprint density at radius 3 is 2.38 bits per heavy atom. The molecule has 0 atom stereocenters. The number of sulfonamides is 1. The van der Waals surface area contributed by atoms with Crippen LogP contribution in [0, 0.1) is 6.92 Å². The van der Waals surface area contributed by atoms with E-state index in [1.54, 1.807) is 43.3 Å². The summed E-state index contributed by atoms with van der Waals surface area (Å²) in [5.41, 5.74) is 2.08. The summed E-state index contributed by atoms with van der Waals surface area (Å²) in [6.07, 6.45) is 2.76. The largest absolute Gasteiger partial charge is 0.326 e. The van der Waals surface area contributed by atoms with E-state index >= 15 is 0 Å². The molecule has 1 aliphatic rings. The van der Waals surface area contributed by atoms with E-state index in [1.807, 2.05) is 0 Å². The molecule has 1 fully saturated rings. The van der Waals surface area contributed by atoms with Gasteiger partial charge in [-0.15, -0.1) is 0 Å². The predicted octanol–water partition coefficient (Wildman–Crippen LogP) is 3.38. The van der Waals surface area contributed by atoms with Gasteiger partial charge in [-0.1, -0.05) is 18.6 Å². The van der Waals surface area contributed by atoms with Gasteiger partial charge in [-0.05, 0) is 55.7 Å². The first-order valence-electron chi connectivity index (χ1n) is 9.57. The maximum Gasteiger partial charge on any atom is 0.255 e. The second kappa shape index (κ2) is 8.75. The second-order valence-electron chi connectivity index (χ2n) is 7.16. The lowest BCUT2D eigenvalue weighted by atomic mass is 10.1. The van der Waals surface area contributed by atoms with E-state index in [0.717, 1.165) is 24.8 Å². The second-order valence-corrected chi connectivity index (χ2v) is 9.10. The van der Waals surface area contributed by atoms with Crippen LogP contribution in [0.2, 0.25) is 0 Å². The van der Waals surface area contributed by atoms with Crippen LogP contribution in [0.4, 0.5) is 11.4 Å². The molecule has 29 heavy (non-hydrogen) atoms. The van der Waals surface area contributed by atoms with Crippen molar-refractivity contribution in [3.63, 3.8) is 0 Å². The van der Waals surface area contributed by atoms with Crippen LogP contribution in [0.1, 0.15) is 42.1 Å². The maximum atomic E-state index is 12.9. The van der Waals surface area contributed by atoms with Gasteiger partial charge >= 0.3 is 0 Å². The van der Waals surface area contributed by atoms with Crippen LogP contribution in [-0.2, 0) is 14.8 Å². The van der Waals surface area contributed by atoms with Gasteiger partial charge in [0.05, 0.1) is 4.90 Å². The van der Waals surface area contributed by atoms with Gasteiger partial charge in [-0.2, -0.15) is 4.31 Å². The summed E-state index contributed by atoms with van der Waals surface area (Å²) >= 11 is 0. The van der Waals surface area contributed by atoms with Crippen molar-refractivity contribution in [1.82, 2.24) is 4.31 Å². The quantitative estimate of drug-likeness (QED) is 0.783. The van der Waals surface area contributed by atoms with Crippen molar-refractivity contribution >= 4 is 33.2 Å². The lowest BCUT2D eigenvalue weighted by Crippen LogP contribution is -2.35. The average Bonchev–Trinajstić information content (AvgIpc) is 2.70. The Morgan fingerprint density at radius 2 is 1.69 bits per heavy atom. The van der Waals surface area contributed by atoms with E-state index in [-0.39, 0.29) is 16.7 Å². The first-order valence-corrected chi connectivity index (χ1v) is 11.0. The molecule has 3 rings (SSSR count). The van der Waals surface area contributed by atoms with Gasteiger partial charge < -0.3 is 10.6 Å². The lowest BCUT2D eigenvalue weighted by molar-refractivity contribution is -0.114. The van der Waals surface area contributed by atoms with Crippen LogP contribution < -0.4 is 10.6 Å². The van der Waals surface area contributed by atoms with Gasteiger partial charge in [0.1, 0.15) is 0 Å². The molecule has 1 saturated heterocycles. The lowest BCUT2D eigenvalue weighted by Gasteiger charge is -2.26. The molecule has 7 nitrogen and oxygen atoms in total. The highest BCUT2D eigenvalue weighted by Crippen LogP contribution is 2.25. The maximum absolute atomic E-state index is 12.9. The molecule has 0 radical (unpaired) electrons. The van der Waals surface area contributed by atoms with E-state index in [9.17, 15) is 18.0 Å². The summed E-state index contributed by atoms with van der Waals surface area (Å²) < 4.78 is 27.4. The summed E-state index contributed by atoms with van der Waals surface area (Å²) in [6, 6.07) is 11.3. The van der Waals surface area contributed by atoms with Gasteiger partial charge in [0, 0.05) is 37.0 Å². The van der Waals surface area contributed by atoms with Gasteiger partial charge in [-0.3, -0.25) is 9.59 Å². The molecule has 1 aliphatic heterocycles. The Morgan fingerprint density at radius 1 is 0.966 bits per heavy atom. The Labute approximate surface area is 171 Å². The summed E-state index contributed by atoms with van der Waals surface area (Å²) in [6.45, 7) is 4.24. The number of piperidine rings is 1. The van der Waals surface area contributed by atoms with E-state index < -0.39 is 10.0 Å². The normalized spacial score (nSPS) is 15.0. The minimum absolute atomic E-state index is 0.173. The smallest absolute Gasteiger partial charge is 0.255 e. The van der Waals surface area contributed by atoms with E-state index in [1.165, 1.54) is 17.3 Å². The van der Waals surface area contributed by atoms with Gasteiger partial charge in [0.15, 0.2) is 0 Å². The van der Waals surface area contributed by atoms with Gasteiger partial charge in [0.2, 0.25) is 15.9 Å². The molecular formula is C21H25N3O4S. The first-order chi connectivity index (χ1) is 13.8. The van der Waals surface area contributed by atoms with Gasteiger partial charge in [-0.25, -0.2) is 8.42 Å². The molecule has 0 bridgehead atoms. The van der Waals surface area contributed by atoms with Crippen molar-refractivity contribution in [2.24, 2.45) is 0 Å². The van der Waals surface area contributed by atoms with Crippen LogP contribution in [0.3, 0.4) is 0 Å². The molecular weight excluding hydrogens is 390 g/mol. The van der Waals surface area contributed by atoms with Crippen LogP contribution in [-0.4, -0.2) is 37.6 Å². The van der Waals surface area contributed by atoms with Gasteiger partial charge in [0.25, 0.3) is 5.91 Å². The van der Waals surface area contributed by atoms with Crippen molar-refractivity contribution in [3.05, 3.63) is 53.6 Å². The third-order valence-corrected chi connectivity index (χ3v) is 6.75. The summed E-state index contributed by atoms with van der Waals surface area (Å²) in [5, 5.41) is 5.42. The molecule has 2 aromatic rings. The molecule has 1 heterocycles. The van der Waals surface area contributed by atoms with E-state index in [2.05, 4.69) is 10.6 Å². The Balaban J connectivity index is 1.83. The number of nitrogens with zero attached hydrogens (tertiary/aromatic N) is 1. The number of hydrogen-bond acceptors (Lipinski definition) is 4. The SMILES string of the molecule is CC(=O)Nc1cccc(C(=O)Nc2cc(S(=O)(=O)N3CCCCC3)ccc2C)c1. The molecule has 2 aromatic carbocycles. The minimum Gasteiger partial charge on any atom is -0.326 e. The van der Waals surface area contributed by atoms with Crippen molar-refractivity contribution in [1.29, 1.82) is 0 Å². The molecule has 0 saturated carbocycles. The fourth-order valence-electron chi connectivity index (χ4n) is 3.29. The van der Waals surface area contributed by atoms with Crippen LogP contribution in [0.25, 0.3) is 0 Å². The predicted molar refractivity (Wildman–Crippen MR) is 112 cm³/mol. The zero-order valence-electron chi connectivity index (χ0n) is 16.6. The standard InChI is InChI=1S/C21H25N3O4S/c1-15-9-10-19(29(27,28)24-11-4-3-5-12-24)14-20(15)23-21(26)17-7-6-8-18(13-17)22-16(2)25/h6-10,13-14H,3-5,11-12H2,1-2H3,(H,22,25)(H,23,26). The zero-order valence-corrected chi connectivity index (χ0v) is 17.4. The Kier molecular flexibility index (Phi) is 6.34. The number of amides is 2. The number of benzene rings is 2. The summed E-state index contributed by atoms with van der Waals surface area (Å²) in [5.74, 6) is -0.609. The molecule has 154 valence electrons. The third kappa shape index (κ3) is 5.02. The van der Waals surface area contributed by atoms with Crippen molar-refractivity contribution in [3.8, 4) is 0 Å². The van der Waals surface area contributed by atoms with Crippen molar-refractivity contribution in [2.45, 2.75) is 38.0 Å². The number of aryl methyl sites for hydroxylation is 1. The molecule has 0 aliphatic carbocycles. The molecule has 2 amide bonds. The number of nitrogens with one attached hydrogen (secondary N) is 2. The summed E-state index contributed by atoms with van der Waals surface area (Å²) in [7, 11) is -3.59. The molecule has 0 unspecified atom stereocenters. The number of hydrogen-bond donors (Lipinski definition) is 2. The third-order valence-electron chi connectivity index (χ3n) is 4.86. The fourth-order valence-corrected chi connectivity index (χ4v) is 4.83.